The molecule has 0 aromatic heterocycles. The minimum Gasteiger partial charge on any atom is -0.469 e. The molecule has 2 atom stereocenters. The van der Waals surface area contributed by atoms with Crippen LogP contribution in [0.1, 0.15) is 25.7 Å². The predicted molar refractivity (Wildman–Crippen MR) is 53.8 cm³/mol. The quantitative estimate of drug-likeness (QED) is 0.691. The van der Waals surface area contributed by atoms with Crippen molar-refractivity contribution < 1.29 is 9.53 Å². The number of piperidine rings is 1. The molecule has 3 heteroatoms. The lowest BCUT2D eigenvalue weighted by molar-refractivity contribution is -0.142. The van der Waals surface area contributed by atoms with Gasteiger partial charge in [-0.15, -0.1) is 0 Å². The number of esters is 1. The van der Waals surface area contributed by atoms with Crippen LogP contribution in [-0.4, -0.2) is 26.2 Å². The summed E-state index contributed by atoms with van der Waals surface area (Å²) in [7, 11) is 1.49. The molecule has 0 spiro atoms. The average molecular weight is 197 g/mol. The van der Waals surface area contributed by atoms with E-state index in [2.05, 4.69) is 5.32 Å². The number of nitrogens with one attached hydrogen (secondary N) is 1. The van der Waals surface area contributed by atoms with E-state index >= 15 is 0 Å². The lowest BCUT2D eigenvalue weighted by Gasteiger charge is -2.22. The lowest BCUT2D eigenvalue weighted by Crippen LogP contribution is -2.28. The Morgan fingerprint density at radius 1 is 1.43 bits per heavy atom. The first-order valence-electron chi connectivity index (χ1n) is 5.60. The topological polar surface area (TPSA) is 38.3 Å². The zero-order chi connectivity index (χ0) is 9.97. The first-order chi connectivity index (χ1) is 6.81. The molecule has 2 unspecified atom stereocenters. The Labute approximate surface area is 85.2 Å². The molecule has 1 N–H and O–H groups in total. The van der Waals surface area contributed by atoms with Gasteiger partial charge in [-0.1, -0.05) is 0 Å². The van der Waals surface area contributed by atoms with Crippen LogP contribution in [0.25, 0.3) is 0 Å². The molecule has 1 aliphatic heterocycles. The number of hydrogen-bond donors (Lipinski definition) is 1. The molecule has 1 heterocycles. The monoisotopic (exact) mass is 197 g/mol. The Balaban J connectivity index is 1.70. The van der Waals surface area contributed by atoms with E-state index in [1.54, 1.807) is 0 Å². The van der Waals surface area contributed by atoms with Gasteiger partial charge < -0.3 is 10.1 Å². The lowest BCUT2D eigenvalue weighted by atomic mass is 9.92. The molecule has 3 nitrogen and oxygen atoms in total. The van der Waals surface area contributed by atoms with Gasteiger partial charge in [0.15, 0.2) is 0 Å². The third-order valence-electron chi connectivity index (χ3n) is 3.52. The van der Waals surface area contributed by atoms with E-state index < -0.39 is 0 Å². The Hall–Kier alpha value is -0.570. The molecule has 0 aromatic carbocycles. The van der Waals surface area contributed by atoms with Crippen molar-refractivity contribution in [1.82, 2.24) is 5.32 Å². The van der Waals surface area contributed by atoms with Crippen LogP contribution in [0.15, 0.2) is 0 Å². The molecule has 14 heavy (non-hydrogen) atoms. The summed E-state index contributed by atoms with van der Waals surface area (Å²) in [5.41, 5.74) is 0. The standard InChI is InChI=1S/C11H19NO2/c1-14-11(13)10-7-9(10)6-8-2-4-12-5-3-8/h8-10,12H,2-7H2,1H3. The largest absolute Gasteiger partial charge is 0.469 e. The molecule has 1 aliphatic carbocycles. The van der Waals surface area contributed by atoms with Crippen LogP contribution in [0, 0.1) is 17.8 Å². The zero-order valence-corrected chi connectivity index (χ0v) is 8.79. The first-order valence-corrected chi connectivity index (χ1v) is 5.60. The van der Waals surface area contributed by atoms with E-state index in [1.165, 1.54) is 26.4 Å². The van der Waals surface area contributed by atoms with E-state index in [9.17, 15) is 4.79 Å². The van der Waals surface area contributed by atoms with Crippen molar-refractivity contribution in [2.24, 2.45) is 17.8 Å². The maximum atomic E-state index is 11.2. The molecule has 2 aliphatic rings. The van der Waals surface area contributed by atoms with Crippen LogP contribution >= 0.6 is 0 Å². The van der Waals surface area contributed by atoms with Crippen molar-refractivity contribution in [1.29, 1.82) is 0 Å². The molecule has 2 rings (SSSR count). The molecule has 0 amide bonds. The minimum atomic E-state index is 0.00364. The molecular weight excluding hydrogens is 178 g/mol. The van der Waals surface area contributed by atoms with Crippen molar-refractivity contribution in [3.8, 4) is 0 Å². The molecule has 0 aromatic rings. The van der Waals surface area contributed by atoms with Gasteiger partial charge in [-0.2, -0.15) is 0 Å². The van der Waals surface area contributed by atoms with E-state index in [1.807, 2.05) is 0 Å². The number of ether oxygens (including phenoxy) is 1. The second-order valence-electron chi connectivity index (χ2n) is 4.55. The van der Waals surface area contributed by atoms with Crippen molar-refractivity contribution in [3.05, 3.63) is 0 Å². The highest BCUT2D eigenvalue weighted by molar-refractivity contribution is 5.75. The zero-order valence-electron chi connectivity index (χ0n) is 8.79. The first kappa shape index (κ1) is 9.97. The smallest absolute Gasteiger partial charge is 0.308 e. The van der Waals surface area contributed by atoms with Crippen LogP contribution in [0.3, 0.4) is 0 Å². The maximum Gasteiger partial charge on any atom is 0.308 e. The average Bonchev–Trinajstić information content (AvgIpc) is 2.98. The van der Waals surface area contributed by atoms with Crippen LogP contribution < -0.4 is 5.32 Å². The van der Waals surface area contributed by atoms with Crippen LogP contribution in [-0.2, 0) is 9.53 Å². The van der Waals surface area contributed by atoms with E-state index in [4.69, 9.17) is 4.74 Å². The van der Waals surface area contributed by atoms with Crippen molar-refractivity contribution in [2.45, 2.75) is 25.7 Å². The fraction of sp³-hybridized carbons (Fsp3) is 0.909. The fourth-order valence-electron chi connectivity index (χ4n) is 2.49. The van der Waals surface area contributed by atoms with E-state index in [-0.39, 0.29) is 11.9 Å². The number of rotatable bonds is 3. The van der Waals surface area contributed by atoms with Gasteiger partial charge >= 0.3 is 5.97 Å². The second-order valence-corrected chi connectivity index (χ2v) is 4.55. The van der Waals surface area contributed by atoms with Gasteiger partial charge in [0.1, 0.15) is 0 Å². The maximum absolute atomic E-state index is 11.2. The highest BCUT2D eigenvalue weighted by atomic mass is 16.5. The van der Waals surface area contributed by atoms with Gasteiger partial charge in [-0.05, 0) is 50.6 Å². The Bertz CT molecular complexity index is 211. The summed E-state index contributed by atoms with van der Waals surface area (Å²) in [6.07, 6.45) is 4.87. The van der Waals surface area contributed by atoms with Crippen LogP contribution in [0.4, 0.5) is 0 Å². The molecule has 1 saturated carbocycles. The summed E-state index contributed by atoms with van der Waals surface area (Å²) in [5, 5.41) is 3.36. The van der Waals surface area contributed by atoms with E-state index in [0.717, 1.165) is 25.4 Å². The molecule has 0 bridgehead atoms. The summed E-state index contributed by atoms with van der Waals surface area (Å²) in [6, 6.07) is 0. The summed E-state index contributed by atoms with van der Waals surface area (Å²) in [6.45, 7) is 2.31. The fourth-order valence-corrected chi connectivity index (χ4v) is 2.49. The van der Waals surface area contributed by atoms with Gasteiger partial charge in [0.2, 0.25) is 0 Å². The third-order valence-corrected chi connectivity index (χ3v) is 3.52. The summed E-state index contributed by atoms with van der Waals surface area (Å²) >= 11 is 0. The van der Waals surface area contributed by atoms with Crippen molar-refractivity contribution in [3.63, 3.8) is 0 Å². The van der Waals surface area contributed by atoms with Crippen molar-refractivity contribution >= 4 is 5.97 Å². The highest BCUT2D eigenvalue weighted by Gasteiger charge is 2.44. The van der Waals surface area contributed by atoms with Gasteiger partial charge in [-0.3, -0.25) is 4.79 Å². The predicted octanol–water partition coefficient (Wildman–Crippen LogP) is 1.19. The number of carbonyl (C=O) groups excluding carboxylic acids is 1. The van der Waals surface area contributed by atoms with Gasteiger partial charge in [-0.25, -0.2) is 0 Å². The molecule has 0 radical (unpaired) electrons. The van der Waals surface area contributed by atoms with Crippen LogP contribution in [0.5, 0.6) is 0 Å². The van der Waals surface area contributed by atoms with Gasteiger partial charge in [0.05, 0.1) is 13.0 Å². The molecule has 1 saturated heterocycles. The normalized spacial score (nSPS) is 32.6. The summed E-state index contributed by atoms with van der Waals surface area (Å²) < 4.78 is 4.74. The van der Waals surface area contributed by atoms with Crippen molar-refractivity contribution in [2.75, 3.05) is 20.2 Å². The number of hydrogen-bond acceptors (Lipinski definition) is 3. The second kappa shape index (κ2) is 4.30. The Morgan fingerprint density at radius 2 is 2.14 bits per heavy atom. The highest BCUT2D eigenvalue weighted by Crippen LogP contribution is 2.45. The third kappa shape index (κ3) is 2.27. The number of carbonyl (C=O) groups is 1. The summed E-state index contributed by atoms with van der Waals surface area (Å²) in [5.74, 6) is 1.71. The van der Waals surface area contributed by atoms with Gasteiger partial charge in [0.25, 0.3) is 0 Å². The van der Waals surface area contributed by atoms with E-state index in [0.29, 0.717) is 5.92 Å². The Morgan fingerprint density at radius 3 is 2.79 bits per heavy atom. The molecule has 2 fully saturated rings. The minimum absolute atomic E-state index is 0.00364. The molecular formula is C11H19NO2. The number of methoxy groups -OCH3 is 1. The van der Waals surface area contributed by atoms with Crippen LogP contribution in [0.2, 0.25) is 0 Å². The SMILES string of the molecule is COC(=O)C1CC1CC1CCNCC1. The van der Waals surface area contributed by atoms with Gasteiger partial charge in [0, 0.05) is 0 Å². The summed E-state index contributed by atoms with van der Waals surface area (Å²) in [4.78, 5) is 11.2. The molecule has 80 valence electrons. The Kier molecular flexibility index (Phi) is 3.06.